The van der Waals surface area contributed by atoms with Crippen molar-refractivity contribution in [1.29, 1.82) is 0 Å². The van der Waals surface area contributed by atoms with E-state index in [0.717, 1.165) is 57.9 Å². The Balaban J connectivity index is -0.000000623. The van der Waals surface area contributed by atoms with Crippen LogP contribution in [0.2, 0.25) is 0 Å². The van der Waals surface area contributed by atoms with Gasteiger partial charge in [0.05, 0.1) is 11.3 Å². The topological polar surface area (TPSA) is 287 Å². The lowest BCUT2D eigenvalue weighted by Crippen LogP contribution is -2.34. The fourth-order valence-corrected chi connectivity index (χ4v) is 4.63. The van der Waals surface area contributed by atoms with Gasteiger partial charge in [-0.25, -0.2) is 0 Å². The molecule has 242 valence electrons. The average molecular weight is 618 g/mol. The third kappa shape index (κ3) is 8.92. The van der Waals surface area contributed by atoms with Crippen LogP contribution in [-0.4, -0.2) is 62.4 Å². The van der Waals surface area contributed by atoms with Gasteiger partial charge >= 0.3 is 0 Å². The van der Waals surface area contributed by atoms with Crippen molar-refractivity contribution in [3.63, 3.8) is 0 Å². The number of benzene rings is 2. The van der Waals surface area contributed by atoms with Gasteiger partial charge in [-0.2, -0.15) is 15.0 Å². The van der Waals surface area contributed by atoms with Gasteiger partial charge in [0.2, 0.25) is 17.8 Å². The number of amides is 1. The van der Waals surface area contributed by atoms with Crippen LogP contribution in [-0.2, 0) is 0 Å². The quantitative estimate of drug-likeness (QED) is 0.143. The summed E-state index contributed by atoms with van der Waals surface area (Å²) in [5.74, 6) is 0.388. The van der Waals surface area contributed by atoms with E-state index in [2.05, 4.69) is 30.4 Å². The molecule has 1 aromatic heterocycles. The zero-order valence-electron chi connectivity index (χ0n) is 23.8. The second-order valence-corrected chi connectivity index (χ2v) is 9.37. The summed E-state index contributed by atoms with van der Waals surface area (Å²) in [7, 11) is 0. The Kier molecular flexibility index (Phi) is 15.3. The number of halogens is 1. The third-order valence-corrected chi connectivity index (χ3v) is 6.62. The third-order valence-electron chi connectivity index (χ3n) is 6.62. The predicted octanol–water partition coefficient (Wildman–Crippen LogP) is 6.02. The summed E-state index contributed by atoms with van der Waals surface area (Å²) in [5.41, 5.74) is 0.685. The van der Waals surface area contributed by atoms with Crippen molar-refractivity contribution >= 4 is 47.5 Å². The van der Waals surface area contributed by atoms with Gasteiger partial charge in [0.1, 0.15) is 17.2 Å². The molecule has 0 aliphatic carbocycles. The van der Waals surface area contributed by atoms with E-state index >= 15 is 0 Å². The van der Waals surface area contributed by atoms with Crippen LogP contribution < -0.4 is 45.0 Å². The standard InChI is InChI=1S/C26H31N7O4.ClH.4H3N.4H2/c34-18-8-9-19(21(35)16-18)23(37)28-20-10-7-17(15-22(20)36)27-24-29-25(32-11-3-1-4-12-32)31-26(30-24)33-13-5-2-6-14-33;;;;;;;;;/h7-10,15-16,34-36H,1-6,11-14H2,(H,28,37)(H,27,29,30,31);1H;4*1H3;4*1H. The van der Waals surface area contributed by atoms with Crippen molar-refractivity contribution in [2.24, 2.45) is 0 Å². The molecule has 16 heteroatoms. The van der Waals surface area contributed by atoms with Crippen molar-refractivity contribution in [2.75, 3.05) is 46.6 Å². The minimum Gasteiger partial charge on any atom is -0.508 e. The molecule has 0 radical (unpaired) electrons. The summed E-state index contributed by atoms with van der Waals surface area (Å²) >= 11 is 0. The summed E-state index contributed by atoms with van der Waals surface area (Å²) in [5, 5.41) is 35.7. The number of nitrogens with one attached hydrogen (secondary N) is 2. The zero-order chi connectivity index (χ0) is 25.8. The molecule has 2 aromatic carbocycles. The maximum atomic E-state index is 12.5. The van der Waals surface area contributed by atoms with Crippen molar-refractivity contribution in [2.45, 2.75) is 38.5 Å². The molecule has 2 fully saturated rings. The molecule has 2 aliphatic rings. The Morgan fingerprint density at radius 1 is 0.714 bits per heavy atom. The molecule has 3 aromatic rings. The minimum atomic E-state index is -0.622. The van der Waals surface area contributed by atoms with E-state index in [1.165, 1.54) is 31.0 Å². The van der Waals surface area contributed by atoms with E-state index in [0.29, 0.717) is 23.5 Å². The lowest BCUT2D eigenvalue weighted by atomic mass is 10.1. The second kappa shape index (κ2) is 17.0. The molecule has 2 saturated heterocycles. The molecule has 3 heterocycles. The first-order valence-electron chi connectivity index (χ1n) is 12.7. The van der Waals surface area contributed by atoms with Gasteiger partial charge in [0, 0.05) is 49.7 Å². The monoisotopic (exact) mass is 617 g/mol. The molecule has 15 nitrogen and oxygen atoms in total. The number of carbonyl (C=O) groups excluding carboxylic acids is 1. The van der Waals surface area contributed by atoms with Gasteiger partial charge < -0.3 is 60.4 Å². The summed E-state index contributed by atoms with van der Waals surface area (Å²) in [4.78, 5) is 31.0. The first-order valence-corrected chi connectivity index (χ1v) is 12.7. The number of rotatable bonds is 6. The van der Waals surface area contributed by atoms with Crippen LogP contribution in [0.3, 0.4) is 0 Å². The number of hydrogen-bond donors (Lipinski definition) is 9. The second-order valence-electron chi connectivity index (χ2n) is 9.37. The van der Waals surface area contributed by atoms with Crippen LogP contribution in [0.5, 0.6) is 17.2 Å². The highest BCUT2D eigenvalue weighted by Gasteiger charge is 2.21. The number of piperidine rings is 2. The maximum absolute atomic E-state index is 12.5. The molecule has 2 aliphatic heterocycles. The van der Waals surface area contributed by atoms with Crippen molar-refractivity contribution < 1.29 is 25.8 Å². The Hall–Kier alpha value is -4.15. The van der Waals surface area contributed by atoms with Crippen LogP contribution >= 0.6 is 12.4 Å². The van der Waals surface area contributed by atoms with Crippen LogP contribution in [0.1, 0.15) is 54.6 Å². The molecule has 0 spiro atoms. The highest BCUT2D eigenvalue weighted by atomic mass is 35.5. The lowest BCUT2D eigenvalue weighted by molar-refractivity contribution is 0.102. The van der Waals surface area contributed by atoms with Gasteiger partial charge in [-0.1, -0.05) is 0 Å². The van der Waals surface area contributed by atoms with E-state index in [-0.39, 0.29) is 71.2 Å². The molecular formula is C26H52ClN11O4. The largest absolute Gasteiger partial charge is 0.508 e. The Bertz CT molecular complexity index is 1270. The summed E-state index contributed by atoms with van der Waals surface area (Å²) in [6.45, 7) is 3.65. The number of carbonyl (C=O) groups is 1. The van der Waals surface area contributed by atoms with Crippen LogP contribution in [0.4, 0.5) is 29.2 Å². The molecule has 42 heavy (non-hydrogen) atoms. The molecule has 0 saturated carbocycles. The van der Waals surface area contributed by atoms with Crippen LogP contribution in [0.15, 0.2) is 36.4 Å². The number of hydrogen-bond acceptors (Lipinski definition) is 14. The minimum absolute atomic E-state index is 0. The molecule has 0 bridgehead atoms. The first kappa shape index (κ1) is 37.9. The van der Waals surface area contributed by atoms with Gasteiger partial charge in [-0.15, -0.1) is 12.4 Å². The summed E-state index contributed by atoms with van der Waals surface area (Å²) in [6.07, 6.45) is 6.85. The summed E-state index contributed by atoms with van der Waals surface area (Å²) in [6, 6.07) is 8.38. The van der Waals surface area contributed by atoms with E-state index in [9.17, 15) is 20.1 Å². The average Bonchev–Trinajstić information content (AvgIpc) is 2.91. The molecule has 17 N–H and O–H groups in total. The number of aromatic nitrogens is 3. The van der Waals surface area contributed by atoms with Crippen LogP contribution in [0, 0.1) is 0 Å². The first-order chi connectivity index (χ1) is 18.0. The van der Waals surface area contributed by atoms with Gasteiger partial charge in [0.15, 0.2) is 0 Å². The van der Waals surface area contributed by atoms with Gasteiger partial charge in [-0.3, -0.25) is 4.79 Å². The maximum Gasteiger partial charge on any atom is 0.259 e. The highest BCUT2D eigenvalue weighted by Crippen LogP contribution is 2.31. The number of anilines is 5. The molecule has 1 amide bonds. The Labute approximate surface area is 257 Å². The van der Waals surface area contributed by atoms with E-state index < -0.39 is 5.91 Å². The number of phenolic OH excluding ortho intramolecular Hbond substituents is 3. The SMILES string of the molecule is Cl.N.N.N.N.O=C(Nc1ccc(Nc2nc(N3CCCCC3)nc(N3CCCCC3)n2)cc1O)c1ccc(O)cc1O.[HH].[HH].[HH].[HH]. The highest BCUT2D eigenvalue weighted by molar-refractivity contribution is 6.07. The number of aromatic hydroxyl groups is 3. The molecular weight excluding hydrogens is 566 g/mol. The number of nitrogens with zero attached hydrogens (tertiary/aromatic N) is 5. The van der Waals surface area contributed by atoms with E-state index in [4.69, 9.17) is 4.98 Å². The predicted molar refractivity (Wildman–Crippen MR) is 177 cm³/mol. The number of phenols is 3. The van der Waals surface area contributed by atoms with Gasteiger partial charge in [0.25, 0.3) is 5.91 Å². The van der Waals surface area contributed by atoms with E-state index in [1.807, 2.05) is 0 Å². The normalized spacial score (nSPS) is 14.0. The summed E-state index contributed by atoms with van der Waals surface area (Å²) < 4.78 is 0. The smallest absolute Gasteiger partial charge is 0.259 e. The zero-order valence-corrected chi connectivity index (χ0v) is 24.6. The van der Waals surface area contributed by atoms with Crippen molar-refractivity contribution in [1.82, 2.24) is 39.6 Å². The fraction of sp³-hybridized carbons (Fsp3) is 0.385. The Morgan fingerprint density at radius 2 is 1.26 bits per heavy atom. The van der Waals surface area contributed by atoms with Crippen LogP contribution in [0.25, 0.3) is 0 Å². The Morgan fingerprint density at radius 3 is 1.76 bits per heavy atom. The fourth-order valence-electron chi connectivity index (χ4n) is 4.63. The molecule has 5 rings (SSSR count). The van der Waals surface area contributed by atoms with E-state index in [1.54, 1.807) is 12.1 Å². The van der Waals surface area contributed by atoms with Gasteiger partial charge in [-0.05, 0) is 62.8 Å². The molecule has 0 unspecified atom stereocenters. The van der Waals surface area contributed by atoms with Crippen molar-refractivity contribution in [3.05, 3.63) is 42.0 Å². The molecule has 0 atom stereocenters. The van der Waals surface area contributed by atoms with Crippen molar-refractivity contribution in [3.8, 4) is 17.2 Å². The lowest BCUT2D eigenvalue weighted by Gasteiger charge is -2.30.